The lowest BCUT2D eigenvalue weighted by Gasteiger charge is -2.12. The second-order valence-electron chi connectivity index (χ2n) is 5.93. The molecule has 0 N–H and O–H groups in total. The number of fused-ring (bicyclic) bond motifs is 2. The Morgan fingerprint density at radius 2 is 1.56 bits per heavy atom. The maximum atomic E-state index is 5.45. The van der Waals surface area contributed by atoms with Gasteiger partial charge in [-0.15, -0.1) is 0 Å². The molecular formula is C21H18N2O2. The van der Waals surface area contributed by atoms with Crippen molar-refractivity contribution >= 4 is 21.5 Å². The fraction of sp³-hybridized carbons (Fsp3) is 0.143. The van der Waals surface area contributed by atoms with E-state index in [4.69, 9.17) is 9.47 Å². The molecule has 2 aromatic heterocycles. The lowest BCUT2D eigenvalue weighted by atomic mass is 10.0. The minimum atomic E-state index is 0.706. The van der Waals surface area contributed by atoms with E-state index in [2.05, 4.69) is 28.2 Å². The third kappa shape index (κ3) is 2.87. The highest BCUT2D eigenvalue weighted by atomic mass is 16.5. The first kappa shape index (κ1) is 15.4. The van der Waals surface area contributed by atoms with Gasteiger partial charge in [0.15, 0.2) is 11.5 Å². The lowest BCUT2D eigenvalue weighted by molar-refractivity contribution is 0.356. The molecule has 0 unspecified atom stereocenters. The number of aromatic nitrogens is 2. The summed E-state index contributed by atoms with van der Waals surface area (Å²) >= 11 is 0. The van der Waals surface area contributed by atoms with Crippen LogP contribution < -0.4 is 9.47 Å². The van der Waals surface area contributed by atoms with Crippen molar-refractivity contribution < 1.29 is 9.47 Å². The van der Waals surface area contributed by atoms with Crippen molar-refractivity contribution in [3.05, 3.63) is 72.3 Å². The Bertz CT molecular complexity index is 1060. The largest absolute Gasteiger partial charge is 0.493 e. The molecule has 25 heavy (non-hydrogen) atoms. The smallest absolute Gasteiger partial charge is 0.161 e. The quantitative estimate of drug-likeness (QED) is 0.556. The van der Waals surface area contributed by atoms with Crippen molar-refractivity contribution in [1.82, 2.24) is 9.97 Å². The third-order valence-corrected chi connectivity index (χ3v) is 4.40. The van der Waals surface area contributed by atoms with E-state index in [9.17, 15) is 0 Å². The lowest BCUT2D eigenvalue weighted by Crippen LogP contribution is -1.96. The summed E-state index contributed by atoms with van der Waals surface area (Å²) in [5.74, 6) is 1.42. The first-order valence-electron chi connectivity index (χ1n) is 8.11. The van der Waals surface area contributed by atoms with Crippen LogP contribution in [0.25, 0.3) is 21.5 Å². The molecular weight excluding hydrogens is 312 g/mol. The molecule has 4 nitrogen and oxygen atoms in total. The zero-order valence-corrected chi connectivity index (χ0v) is 14.2. The van der Waals surface area contributed by atoms with E-state index in [-0.39, 0.29) is 0 Å². The summed E-state index contributed by atoms with van der Waals surface area (Å²) < 4.78 is 10.8. The Hall–Kier alpha value is -3.14. The maximum absolute atomic E-state index is 5.45. The van der Waals surface area contributed by atoms with Crippen LogP contribution in [0.1, 0.15) is 11.3 Å². The standard InChI is InChI=1S/C21H18N2O2/c1-24-20-9-17-12-22-11-16(19(17)10-21(20)25-2)8-18-7-14-5-3-4-6-15(14)13-23-18/h3-7,9-13H,8H2,1-2H3. The number of pyridine rings is 2. The average molecular weight is 330 g/mol. The van der Waals surface area contributed by atoms with Gasteiger partial charge in [0, 0.05) is 41.5 Å². The summed E-state index contributed by atoms with van der Waals surface area (Å²) in [6.07, 6.45) is 6.37. The van der Waals surface area contributed by atoms with Crippen LogP contribution in [0.5, 0.6) is 11.5 Å². The normalized spacial score (nSPS) is 11.0. The summed E-state index contributed by atoms with van der Waals surface area (Å²) in [5, 5.41) is 4.46. The summed E-state index contributed by atoms with van der Waals surface area (Å²) in [4.78, 5) is 8.98. The number of ether oxygens (including phenoxy) is 2. The summed E-state index contributed by atoms with van der Waals surface area (Å²) in [5.41, 5.74) is 2.13. The Morgan fingerprint density at radius 1 is 0.800 bits per heavy atom. The Labute approximate surface area is 146 Å². The minimum absolute atomic E-state index is 0.706. The van der Waals surface area contributed by atoms with Crippen LogP contribution >= 0.6 is 0 Å². The molecule has 0 aliphatic carbocycles. The molecule has 0 atom stereocenters. The average Bonchev–Trinajstić information content (AvgIpc) is 2.67. The van der Waals surface area contributed by atoms with Gasteiger partial charge in [-0.3, -0.25) is 9.97 Å². The molecule has 2 heterocycles. The molecule has 0 aliphatic heterocycles. The van der Waals surface area contributed by atoms with Crippen LogP contribution in [0.4, 0.5) is 0 Å². The summed E-state index contributed by atoms with van der Waals surface area (Å²) in [7, 11) is 3.29. The van der Waals surface area contributed by atoms with Gasteiger partial charge in [-0.25, -0.2) is 0 Å². The Morgan fingerprint density at radius 3 is 2.36 bits per heavy atom. The van der Waals surface area contributed by atoms with E-state index >= 15 is 0 Å². The molecule has 0 saturated carbocycles. The summed E-state index contributed by atoms with van der Waals surface area (Å²) in [6.45, 7) is 0. The van der Waals surface area contributed by atoms with E-state index in [0.717, 1.165) is 27.4 Å². The van der Waals surface area contributed by atoms with Crippen molar-refractivity contribution in [2.24, 2.45) is 0 Å². The van der Waals surface area contributed by atoms with E-state index < -0.39 is 0 Å². The SMILES string of the molecule is COc1cc2cncc(Cc3cc4ccccc4cn3)c2cc1OC. The van der Waals surface area contributed by atoms with Crippen LogP contribution in [-0.4, -0.2) is 24.2 Å². The van der Waals surface area contributed by atoms with Crippen molar-refractivity contribution in [2.45, 2.75) is 6.42 Å². The van der Waals surface area contributed by atoms with Gasteiger partial charge in [0.2, 0.25) is 0 Å². The highest BCUT2D eigenvalue weighted by Gasteiger charge is 2.10. The molecule has 0 spiro atoms. The fourth-order valence-corrected chi connectivity index (χ4v) is 3.12. The van der Waals surface area contributed by atoms with Gasteiger partial charge in [0.1, 0.15) is 0 Å². The molecule has 4 rings (SSSR count). The molecule has 2 aromatic carbocycles. The number of hydrogen-bond donors (Lipinski definition) is 0. The highest BCUT2D eigenvalue weighted by Crippen LogP contribution is 2.33. The van der Waals surface area contributed by atoms with Gasteiger partial charge in [-0.2, -0.15) is 0 Å². The van der Waals surface area contributed by atoms with Crippen molar-refractivity contribution in [3.63, 3.8) is 0 Å². The van der Waals surface area contributed by atoms with E-state index in [0.29, 0.717) is 17.9 Å². The van der Waals surface area contributed by atoms with Crippen molar-refractivity contribution in [1.29, 1.82) is 0 Å². The molecule has 0 bridgehead atoms. The van der Waals surface area contributed by atoms with Crippen LogP contribution in [-0.2, 0) is 6.42 Å². The van der Waals surface area contributed by atoms with Gasteiger partial charge in [0.25, 0.3) is 0 Å². The number of nitrogens with zero attached hydrogens (tertiary/aromatic N) is 2. The zero-order valence-electron chi connectivity index (χ0n) is 14.2. The molecule has 0 fully saturated rings. The van der Waals surface area contributed by atoms with Gasteiger partial charge in [-0.05, 0) is 34.5 Å². The number of benzene rings is 2. The maximum Gasteiger partial charge on any atom is 0.161 e. The van der Waals surface area contributed by atoms with Gasteiger partial charge in [0.05, 0.1) is 14.2 Å². The van der Waals surface area contributed by atoms with E-state index in [1.807, 2.05) is 42.9 Å². The molecule has 4 heteroatoms. The second kappa shape index (κ2) is 6.40. The number of methoxy groups -OCH3 is 2. The Kier molecular flexibility index (Phi) is 3.94. The fourth-order valence-electron chi connectivity index (χ4n) is 3.12. The van der Waals surface area contributed by atoms with Crippen molar-refractivity contribution in [2.75, 3.05) is 14.2 Å². The van der Waals surface area contributed by atoms with Crippen LogP contribution in [0, 0.1) is 0 Å². The molecule has 124 valence electrons. The molecule has 0 amide bonds. The third-order valence-electron chi connectivity index (χ3n) is 4.40. The topological polar surface area (TPSA) is 44.2 Å². The molecule has 0 radical (unpaired) electrons. The van der Waals surface area contributed by atoms with Gasteiger partial charge < -0.3 is 9.47 Å². The highest BCUT2D eigenvalue weighted by molar-refractivity contribution is 5.88. The van der Waals surface area contributed by atoms with Gasteiger partial charge >= 0.3 is 0 Å². The zero-order chi connectivity index (χ0) is 17.2. The second-order valence-corrected chi connectivity index (χ2v) is 5.93. The molecule has 0 saturated heterocycles. The van der Waals surface area contributed by atoms with Crippen LogP contribution in [0.15, 0.2) is 61.1 Å². The predicted octanol–water partition coefficient (Wildman–Crippen LogP) is 4.39. The molecule has 4 aromatic rings. The van der Waals surface area contributed by atoms with E-state index in [1.54, 1.807) is 14.2 Å². The van der Waals surface area contributed by atoms with Gasteiger partial charge in [-0.1, -0.05) is 24.3 Å². The van der Waals surface area contributed by atoms with Crippen molar-refractivity contribution in [3.8, 4) is 11.5 Å². The monoisotopic (exact) mass is 330 g/mol. The van der Waals surface area contributed by atoms with Crippen LogP contribution in [0.3, 0.4) is 0 Å². The first-order chi connectivity index (χ1) is 12.3. The number of rotatable bonds is 4. The van der Waals surface area contributed by atoms with Crippen LogP contribution in [0.2, 0.25) is 0 Å². The van der Waals surface area contributed by atoms with E-state index in [1.165, 1.54) is 5.39 Å². The predicted molar refractivity (Wildman–Crippen MR) is 99.4 cm³/mol. The summed E-state index contributed by atoms with van der Waals surface area (Å²) in [6, 6.07) is 14.3. The Balaban J connectivity index is 1.79. The minimum Gasteiger partial charge on any atom is -0.493 e. The molecule has 0 aliphatic rings. The first-order valence-corrected chi connectivity index (χ1v) is 8.11. The number of hydrogen-bond acceptors (Lipinski definition) is 4.